The molecule has 0 radical (unpaired) electrons. The van der Waals surface area contributed by atoms with Crippen molar-refractivity contribution in [1.29, 1.82) is 0 Å². The van der Waals surface area contributed by atoms with E-state index in [-0.39, 0.29) is 12.1 Å². The number of aliphatic hydroxyl groups is 1. The summed E-state index contributed by atoms with van der Waals surface area (Å²) in [5, 5.41) is 13.0. The number of benzene rings is 1. The van der Waals surface area contributed by atoms with Crippen LogP contribution in [-0.2, 0) is 0 Å². The molecule has 1 rings (SSSR count). The molecule has 0 bridgehead atoms. The monoisotopic (exact) mass is 285 g/mol. The predicted molar refractivity (Wildman–Crippen MR) is 71.5 cm³/mol. The van der Waals surface area contributed by atoms with Gasteiger partial charge in [-0.25, -0.2) is 0 Å². The zero-order valence-electron chi connectivity index (χ0n) is 9.91. The van der Waals surface area contributed by atoms with E-state index in [2.05, 4.69) is 47.2 Å². The lowest BCUT2D eigenvalue weighted by atomic mass is 10.1. The van der Waals surface area contributed by atoms with Crippen molar-refractivity contribution in [3.63, 3.8) is 0 Å². The standard InChI is InChI=1S/C13H20BrNO/c1-3-5-13(16)9-15-10(2)11-6-4-7-12(14)8-11/h4,6-8,10,13,15-16H,3,5,9H2,1-2H3. The molecule has 2 N–H and O–H groups in total. The van der Waals surface area contributed by atoms with Crippen LogP contribution >= 0.6 is 15.9 Å². The van der Waals surface area contributed by atoms with Gasteiger partial charge in [0.15, 0.2) is 0 Å². The molecule has 2 unspecified atom stereocenters. The van der Waals surface area contributed by atoms with Gasteiger partial charge in [-0.15, -0.1) is 0 Å². The Bertz CT molecular complexity index is 317. The Balaban J connectivity index is 2.43. The van der Waals surface area contributed by atoms with E-state index in [9.17, 15) is 5.11 Å². The summed E-state index contributed by atoms with van der Waals surface area (Å²) in [7, 11) is 0. The molecular formula is C13H20BrNO. The Morgan fingerprint density at radius 1 is 1.44 bits per heavy atom. The van der Waals surface area contributed by atoms with Crippen LogP contribution in [0.25, 0.3) is 0 Å². The summed E-state index contributed by atoms with van der Waals surface area (Å²) in [5.74, 6) is 0. The largest absolute Gasteiger partial charge is 0.392 e. The first-order valence-corrected chi connectivity index (χ1v) is 6.59. The SMILES string of the molecule is CCCC(O)CNC(C)c1cccc(Br)c1. The van der Waals surface area contributed by atoms with E-state index in [0.29, 0.717) is 6.54 Å². The molecule has 0 aliphatic rings. The molecule has 0 spiro atoms. The maximum absolute atomic E-state index is 9.63. The van der Waals surface area contributed by atoms with Gasteiger partial charge in [0.2, 0.25) is 0 Å². The summed E-state index contributed by atoms with van der Waals surface area (Å²) in [6.45, 7) is 4.85. The van der Waals surface area contributed by atoms with Crippen LogP contribution in [-0.4, -0.2) is 17.8 Å². The van der Waals surface area contributed by atoms with Gasteiger partial charge in [0, 0.05) is 17.1 Å². The van der Waals surface area contributed by atoms with Crippen LogP contribution in [0.5, 0.6) is 0 Å². The van der Waals surface area contributed by atoms with Crippen LogP contribution < -0.4 is 5.32 Å². The molecule has 2 atom stereocenters. The highest BCUT2D eigenvalue weighted by Gasteiger charge is 2.08. The Morgan fingerprint density at radius 3 is 2.81 bits per heavy atom. The van der Waals surface area contributed by atoms with Crippen molar-refractivity contribution in [2.24, 2.45) is 0 Å². The van der Waals surface area contributed by atoms with E-state index in [1.165, 1.54) is 5.56 Å². The normalized spacial score (nSPS) is 14.8. The molecule has 1 aromatic carbocycles. The Morgan fingerprint density at radius 2 is 2.19 bits per heavy atom. The fourth-order valence-electron chi connectivity index (χ4n) is 1.64. The quantitative estimate of drug-likeness (QED) is 0.841. The van der Waals surface area contributed by atoms with Gasteiger partial charge in [-0.2, -0.15) is 0 Å². The van der Waals surface area contributed by atoms with E-state index in [4.69, 9.17) is 0 Å². The van der Waals surface area contributed by atoms with E-state index in [1.807, 2.05) is 12.1 Å². The van der Waals surface area contributed by atoms with Crippen LogP contribution in [0.4, 0.5) is 0 Å². The van der Waals surface area contributed by atoms with Crippen LogP contribution in [0.15, 0.2) is 28.7 Å². The van der Waals surface area contributed by atoms with Crippen molar-refractivity contribution >= 4 is 15.9 Å². The summed E-state index contributed by atoms with van der Waals surface area (Å²) in [6.07, 6.45) is 1.64. The van der Waals surface area contributed by atoms with Gasteiger partial charge >= 0.3 is 0 Å². The van der Waals surface area contributed by atoms with Gasteiger partial charge in [-0.3, -0.25) is 0 Å². The Kier molecular flexibility index (Phi) is 6.03. The second kappa shape index (κ2) is 7.05. The summed E-state index contributed by atoms with van der Waals surface area (Å²) < 4.78 is 1.09. The van der Waals surface area contributed by atoms with Crippen molar-refractivity contribution in [1.82, 2.24) is 5.32 Å². The lowest BCUT2D eigenvalue weighted by Crippen LogP contribution is -2.28. The van der Waals surface area contributed by atoms with Gasteiger partial charge in [0.1, 0.15) is 0 Å². The maximum atomic E-state index is 9.63. The van der Waals surface area contributed by atoms with Crippen molar-refractivity contribution in [3.05, 3.63) is 34.3 Å². The molecule has 16 heavy (non-hydrogen) atoms. The zero-order chi connectivity index (χ0) is 12.0. The van der Waals surface area contributed by atoms with Crippen LogP contribution in [0.1, 0.15) is 38.3 Å². The molecule has 1 aromatic rings. The topological polar surface area (TPSA) is 32.3 Å². The molecule has 0 aromatic heterocycles. The lowest BCUT2D eigenvalue weighted by molar-refractivity contribution is 0.157. The van der Waals surface area contributed by atoms with Gasteiger partial charge in [0.05, 0.1) is 6.10 Å². The van der Waals surface area contributed by atoms with Gasteiger partial charge < -0.3 is 10.4 Å². The van der Waals surface area contributed by atoms with Crippen molar-refractivity contribution in [2.45, 2.75) is 38.8 Å². The minimum atomic E-state index is -0.236. The number of nitrogens with one attached hydrogen (secondary N) is 1. The minimum absolute atomic E-state index is 0.236. The summed E-state index contributed by atoms with van der Waals surface area (Å²) in [4.78, 5) is 0. The average Bonchev–Trinajstić information content (AvgIpc) is 2.26. The van der Waals surface area contributed by atoms with Gasteiger partial charge in [-0.05, 0) is 31.0 Å². The molecule has 0 saturated carbocycles. The number of aliphatic hydroxyl groups excluding tert-OH is 1. The molecule has 0 heterocycles. The summed E-state index contributed by atoms with van der Waals surface area (Å²) >= 11 is 3.46. The van der Waals surface area contributed by atoms with Crippen molar-refractivity contribution in [3.8, 4) is 0 Å². The van der Waals surface area contributed by atoms with Gasteiger partial charge in [-0.1, -0.05) is 41.4 Å². The Hall–Kier alpha value is -0.380. The van der Waals surface area contributed by atoms with E-state index >= 15 is 0 Å². The van der Waals surface area contributed by atoms with E-state index < -0.39 is 0 Å². The first kappa shape index (κ1) is 13.7. The number of halogens is 1. The molecule has 0 fully saturated rings. The molecule has 0 aliphatic heterocycles. The summed E-state index contributed by atoms with van der Waals surface area (Å²) in [5.41, 5.74) is 1.23. The first-order chi connectivity index (χ1) is 7.63. The zero-order valence-corrected chi connectivity index (χ0v) is 11.5. The number of hydrogen-bond acceptors (Lipinski definition) is 2. The second-order valence-corrected chi connectivity index (χ2v) is 5.04. The second-order valence-electron chi connectivity index (χ2n) is 4.13. The predicted octanol–water partition coefficient (Wildman–Crippen LogP) is 3.26. The van der Waals surface area contributed by atoms with E-state index in [0.717, 1.165) is 17.3 Å². The highest BCUT2D eigenvalue weighted by atomic mass is 79.9. The first-order valence-electron chi connectivity index (χ1n) is 5.80. The van der Waals surface area contributed by atoms with Crippen molar-refractivity contribution in [2.75, 3.05) is 6.54 Å². The van der Waals surface area contributed by atoms with Crippen molar-refractivity contribution < 1.29 is 5.11 Å². The molecule has 3 heteroatoms. The molecule has 90 valence electrons. The van der Waals surface area contributed by atoms with Crippen LogP contribution in [0, 0.1) is 0 Å². The van der Waals surface area contributed by atoms with E-state index in [1.54, 1.807) is 0 Å². The Labute approximate surface area is 106 Å². The highest BCUT2D eigenvalue weighted by molar-refractivity contribution is 9.10. The number of rotatable bonds is 6. The maximum Gasteiger partial charge on any atom is 0.0664 e. The van der Waals surface area contributed by atoms with Gasteiger partial charge in [0.25, 0.3) is 0 Å². The van der Waals surface area contributed by atoms with Crippen LogP contribution in [0.2, 0.25) is 0 Å². The fraction of sp³-hybridized carbons (Fsp3) is 0.538. The molecular weight excluding hydrogens is 266 g/mol. The average molecular weight is 286 g/mol. The van der Waals surface area contributed by atoms with Crippen LogP contribution in [0.3, 0.4) is 0 Å². The number of hydrogen-bond donors (Lipinski definition) is 2. The lowest BCUT2D eigenvalue weighted by Gasteiger charge is -2.17. The third-order valence-corrected chi connectivity index (χ3v) is 3.12. The smallest absolute Gasteiger partial charge is 0.0664 e. The summed E-state index contributed by atoms with van der Waals surface area (Å²) in [6, 6.07) is 8.50. The minimum Gasteiger partial charge on any atom is -0.392 e. The molecule has 0 saturated heterocycles. The molecule has 0 aliphatic carbocycles. The fourth-order valence-corrected chi connectivity index (χ4v) is 2.06. The third-order valence-electron chi connectivity index (χ3n) is 2.63. The molecule has 2 nitrogen and oxygen atoms in total. The molecule has 0 amide bonds. The third kappa shape index (κ3) is 4.64. The highest BCUT2D eigenvalue weighted by Crippen LogP contribution is 2.17.